The van der Waals surface area contributed by atoms with Gasteiger partial charge in [0.05, 0.1) is 7.11 Å². The largest absolute Gasteiger partial charge is 0.497 e. The summed E-state index contributed by atoms with van der Waals surface area (Å²) < 4.78 is 12.4. The molecule has 0 aliphatic carbocycles. The SMILES string of the molecule is CCc1nncn1CCNC(=NCCCOC)NCCc1ccc(OC)cc1.I. The summed E-state index contributed by atoms with van der Waals surface area (Å²) in [4.78, 5) is 4.64. The molecule has 0 aliphatic rings. The predicted octanol–water partition coefficient (Wildman–Crippen LogP) is 2.28. The van der Waals surface area contributed by atoms with Gasteiger partial charge in [-0.15, -0.1) is 34.2 Å². The van der Waals surface area contributed by atoms with Gasteiger partial charge in [-0.25, -0.2) is 0 Å². The lowest BCUT2D eigenvalue weighted by Crippen LogP contribution is -2.40. The van der Waals surface area contributed by atoms with Crippen molar-refractivity contribution in [3.8, 4) is 5.75 Å². The Labute approximate surface area is 190 Å². The van der Waals surface area contributed by atoms with Crippen molar-refractivity contribution in [3.05, 3.63) is 42.0 Å². The van der Waals surface area contributed by atoms with E-state index in [0.29, 0.717) is 6.61 Å². The van der Waals surface area contributed by atoms with Crippen LogP contribution in [0.2, 0.25) is 0 Å². The average molecular weight is 516 g/mol. The van der Waals surface area contributed by atoms with Crippen LogP contribution in [0.3, 0.4) is 0 Å². The Bertz CT molecular complexity index is 705. The molecule has 1 heterocycles. The van der Waals surface area contributed by atoms with E-state index in [-0.39, 0.29) is 24.0 Å². The highest BCUT2D eigenvalue weighted by atomic mass is 127. The zero-order valence-corrected chi connectivity index (χ0v) is 19.9. The van der Waals surface area contributed by atoms with E-state index in [1.54, 1.807) is 20.5 Å². The molecule has 0 fully saturated rings. The summed E-state index contributed by atoms with van der Waals surface area (Å²) in [7, 11) is 3.39. The van der Waals surface area contributed by atoms with Gasteiger partial charge in [0, 0.05) is 46.3 Å². The Kier molecular flexibility index (Phi) is 13.0. The molecule has 0 unspecified atom stereocenters. The Morgan fingerprint density at radius 2 is 1.90 bits per heavy atom. The molecule has 0 amide bonds. The molecule has 0 spiro atoms. The van der Waals surface area contributed by atoms with Crippen LogP contribution in [0.4, 0.5) is 0 Å². The van der Waals surface area contributed by atoms with E-state index in [0.717, 1.165) is 63.0 Å². The van der Waals surface area contributed by atoms with E-state index in [1.807, 2.05) is 12.1 Å². The van der Waals surface area contributed by atoms with Crippen molar-refractivity contribution in [1.29, 1.82) is 0 Å². The fraction of sp³-hybridized carbons (Fsp3) is 0.550. The van der Waals surface area contributed by atoms with Crippen LogP contribution < -0.4 is 15.4 Å². The lowest BCUT2D eigenvalue weighted by Gasteiger charge is -2.13. The van der Waals surface area contributed by atoms with E-state index in [1.165, 1.54) is 5.56 Å². The van der Waals surface area contributed by atoms with E-state index in [9.17, 15) is 0 Å². The van der Waals surface area contributed by atoms with Crippen LogP contribution in [-0.4, -0.2) is 61.2 Å². The molecule has 9 heteroatoms. The summed E-state index contributed by atoms with van der Waals surface area (Å²) in [6.45, 7) is 5.87. The molecule has 0 saturated carbocycles. The van der Waals surface area contributed by atoms with Crippen LogP contribution in [0.15, 0.2) is 35.6 Å². The highest BCUT2D eigenvalue weighted by Gasteiger charge is 2.03. The zero-order valence-electron chi connectivity index (χ0n) is 17.6. The monoisotopic (exact) mass is 516 g/mol. The minimum Gasteiger partial charge on any atom is -0.497 e. The first-order valence-electron chi connectivity index (χ1n) is 9.77. The number of ether oxygens (including phenoxy) is 2. The highest BCUT2D eigenvalue weighted by Crippen LogP contribution is 2.11. The summed E-state index contributed by atoms with van der Waals surface area (Å²) in [5, 5.41) is 14.9. The van der Waals surface area contributed by atoms with E-state index >= 15 is 0 Å². The van der Waals surface area contributed by atoms with Gasteiger partial charge in [0.15, 0.2) is 5.96 Å². The predicted molar refractivity (Wildman–Crippen MR) is 126 cm³/mol. The van der Waals surface area contributed by atoms with E-state index < -0.39 is 0 Å². The van der Waals surface area contributed by atoms with Crippen molar-refractivity contribution in [3.63, 3.8) is 0 Å². The molecule has 2 aromatic rings. The number of benzene rings is 1. The molecular formula is C20H33IN6O2. The lowest BCUT2D eigenvalue weighted by molar-refractivity contribution is 0.197. The van der Waals surface area contributed by atoms with Gasteiger partial charge in [0.1, 0.15) is 17.9 Å². The summed E-state index contributed by atoms with van der Waals surface area (Å²) in [6, 6.07) is 8.14. The molecule has 2 N–H and O–H groups in total. The average Bonchev–Trinajstić information content (AvgIpc) is 3.18. The maximum atomic E-state index is 5.20. The number of hydrogen-bond acceptors (Lipinski definition) is 5. The first-order valence-corrected chi connectivity index (χ1v) is 9.77. The maximum Gasteiger partial charge on any atom is 0.191 e. The number of aryl methyl sites for hydroxylation is 1. The Morgan fingerprint density at radius 1 is 1.14 bits per heavy atom. The number of rotatable bonds is 12. The van der Waals surface area contributed by atoms with Crippen LogP contribution >= 0.6 is 24.0 Å². The van der Waals surface area contributed by atoms with Crippen molar-refractivity contribution in [2.24, 2.45) is 4.99 Å². The third kappa shape index (κ3) is 9.44. The van der Waals surface area contributed by atoms with Gasteiger partial charge in [0.2, 0.25) is 0 Å². The number of guanidine groups is 1. The lowest BCUT2D eigenvalue weighted by atomic mass is 10.1. The fourth-order valence-electron chi connectivity index (χ4n) is 2.73. The van der Waals surface area contributed by atoms with Gasteiger partial charge >= 0.3 is 0 Å². The molecule has 0 radical (unpaired) electrons. The third-order valence-corrected chi connectivity index (χ3v) is 4.30. The fourth-order valence-corrected chi connectivity index (χ4v) is 2.73. The molecule has 29 heavy (non-hydrogen) atoms. The van der Waals surface area contributed by atoms with Crippen molar-refractivity contribution in [2.45, 2.75) is 32.7 Å². The van der Waals surface area contributed by atoms with Gasteiger partial charge < -0.3 is 24.7 Å². The third-order valence-electron chi connectivity index (χ3n) is 4.30. The molecular weight excluding hydrogens is 483 g/mol. The van der Waals surface area contributed by atoms with Gasteiger partial charge in [0.25, 0.3) is 0 Å². The maximum absolute atomic E-state index is 5.20. The molecule has 1 aromatic heterocycles. The standard InChI is InChI=1S/C20H32N6O2.HI/c1-4-19-25-24-16-26(19)14-13-23-20(21-11-5-15-27-2)22-12-10-17-6-8-18(28-3)9-7-17;/h6-9,16H,4-5,10-15H2,1-3H3,(H2,21,22,23);1H. The van der Waals surface area contributed by atoms with Crippen molar-refractivity contribution >= 4 is 29.9 Å². The molecule has 0 saturated heterocycles. The molecule has 162 valence electrons. The van der Waals surface area contributed by atoms with Crippen molar-refractivity contribution < 1.29 is 9.47 Å². The number of nitrogens with one attached hydrogen (secondary N) is 2. The summed E-state index contributed by atoms with van der Waals surface area (Å²) in [5.41, 5.74) is 1.25. The first kappa shape index (κ1) is 25.2. The number of methoxy groups -OCH3 is 2. The summed E-state index contributed by atoms with van der Waals surface area (Å²) in [5.74, 6) is 2.68. The highest BCUT2D eigenvalue weighted by molar-refractivity contribution is 14.0. The number of nitrogens with zero attached hydrogens (tertiary/aromatic N) is 4. The molecule has 0 atom stereocenters. The van der Waals surface area contributed by atoms with Crippen molar-refractivity contribution in [1.82, 2.24) is 25.4 Å². The summed E-state index contributed by atoms with van der Waals surface area (Å²) >= 11 is 0. The summed E-state index contributed by atoms with van der Waals surface area (Å²) in [6.07, 6.45) is 4.45. The van der Waals surface area contributed by atoms with Gasteiger partial charge in [-0.3, -0.25) is 4.99 Å². The van der Waals surface area contributed by atoms with Crippen LogP contribution in [0.1, 0.15) is 24.7 Å². The van der Waals surface area contributed by atoms with Gasteiger partial charge in [-0.1, -0.05) is 19.1 Å². The smallest absolute Gasteiger partial charge is 0.191 e. The van der Waals surface area contributed by atoms with Crippen LogP contribution in [0, 0.1) is 0 Å². The second-order valence-electron chi connectivity index (χ2n) is 6.32. The van der Waals surface area contributed by atoms with Crippen LogP contribution in [-0.2, 0) is 24.1 Å². The van der Waals surface area contributed by atoms with Gasteiger partial charge in [-0.05, 0) is 30.5 Å². The van der Waals surface area contributed by atoms with Crippen molar-refractivity contribution in [2.75, 3.05) is 40.5 Å². The normalized spacial score (nSPS) is 11.1. The molecule has 1 aromatic carbocycles. The quantitative estimate of drug-likeness (QED) is 0.195. The second kappa shape index (κ2) is 15.0. The number of aromatic nitrogens is 3. The van der Waals surface area contributed by atoms with Crippen LogP contribution in [0.25, 0.3) is 0 Å². The first-order chi connectivity index (χ1) is 13.8. The Hall–Kier alpha value is -1.88. The molecule has 0 aliphatic heterocycles. The molecule has 2 rings (SSSR count). The van der Waals surface area contributed by atoms with Gasteiger partial charge in [-0.2, -0.15) is 0 Å². The Morgan fingerprint density at radius 3 is 2.59 bits per heavy atom. The Balaban J connectivity index is 0.00000420. The number of aliphatic imine (C=N–C) groups is 1. The molecule has 0 bridgehead atoms. The van der Waals surface area contributed by atoms with Crippen LogP contribution in [0.5, 0.6) is 5.75 Å². The second-order valence-corrected chi connectivity index (χ2v) is 6.32. The number of halogens is 1. The molecule has 8 nitrogen and oxygen atoms in total. The number of hydrogen-bond donors (Lipinski definition) is 2. The minimum absolute atomic E-state index is 0. The van der Waals surface area contributed by atoms with E-state index in [4.69, 9.17) is 9.47 Å². The minimum atomic E-state index is 0. The topological polar surface area (TPSA) is 85.6 Å². The zero-order chi connectivity index (χ0) is 20.0. The van der Waals surface area contributed by atoms with E-state index in [2.05, 4.69) is 49.4 Å².